The van der Waals surface area contributed by atoms with Gasteiger partial charge in [0.1, 0.15) is 12.4 Å². The van der Waals surface area contributed by atoms with Gasteiger partial charge in [0, 0.05) is 14.1 Å². The normalized spacial score (nSPS) is 15.4. The van der Waals surface area contributed by atoms with E-state index in [4.69, 9.17) is 9.47 Å². The number of sulfonamides is 1. The Balaban J connectivity index is 1.55. The third-order valence-electron chi connectivity index (χ3n) is 5.46. The first-order valence-corrected chi connectivity index (χ1v) is 12.0. The Bertz CT molecular complexity index is 1310. The number of para-hydroxylation sites is 2. The van der Waals surface area contributed by atoms with Crippen molar-refractivity contribution < 1.29 is 27.5 Å². The van der Waals surface area contributed by atoms with E-state index < -0.39 is 34.5 Å². The van der Waals surface area contributed by atoms with E-state index in [1.807, 2.05) is 36.4 Å². The molecule has 1 atom stereocenters. The van der Waals surface area contributed by atoms with Crippen LogP contribution in [-0.2, 0) is 19.6 Å². The summed E-state index contributed by atoms with van der Waals surface area (Å²) < 4.78 is 37.0. The standard InChI is InChI=1S/C25H24N2O6S/c1-26(2)34(30,31)20-12-8-11-19(15-20)25(29)33-17-24(28)27-21-13-6-7-14-23(21)32-16-22(27)18-9-4-3-5-10-18/h3-15,22H,16-17H2,1-2H3. The van der Waals surface area contributed by atoms with Crippen LogP contribution in [0.3, 0.4) is 0 Å². The average Bonchev–Trinajstić information content (AvgIpc) is 2.86. The fourth-order valence-electron chi connectivity index (χ4n) is 3.69. The van der Waals surface area contributed by atoms with E-state index in [1.165, 1.54) is 38.4 Å². The van der Waals surface area contributed by atoms with E-state index in [1.54, 1.807) is 23.1 Å². The van der Waals surface area contributed by atoms with E-state index in [9.17, 15) is 18.0 Å². The Hall–Kier alpha value is -3.69. The molecule has 4 rings (SSSR count). The molecule has 1 amide bonds. The van der Waals surface area contributed by atoms with Gasteiger partial charge in [-0.15, -0.1) is 0 Å². The summed E-state index contributed by atoms with van der Waals surface area (Å²) in [4.78, 5) is 27.5. The summed E-state index contributed by atoms with van der Waals surface area (Å²) in [5.74, 6) is -0.645. The van der Waals surface area contributed by atoms with Crippen LogP contribution in [0.4, 0.5) is 5.69 Å². The molecule has 0 radical (unpaired) electrons. The van der Waals surface area contributed by atoms with Gasteiger partial charge in [0.2, 0.25) is 10.0 Å². The minimum Gasteiger partial charge on any atom is -0.489 e. The Morgan fingerprint density at radius 2 is 1.71 bits per heavy atom. The number of amides is 1. The Kier molecular flexibility index (Phi) is 6.67. The van der Waals surface area contributed by atoms with E-state index in [-0.39, 0.29) is 17.1 Å². The maximum Gasteiger partial charge on any atom is 0.338 e. The van der Waals surface area contributed by atoms with Crippen molar-refractivity contribution in [2.45, 2.75) is 10.9 Å². The highest BCUT2D eigenvalue weighted by Crippen LogP contribution is 2.39. The number of hydrogen-bond donors (Lipinski definition) is 0. The second kappa shape index (κ2) is 9.66. The van der Waals surface area contributed by atoms with Gasteiger partial charge >= 0.3 is 5.97 Å². The van der Waals surface area contributed by atoms with Crippen LogP contribution < -0.4 is 9.64 Å². The molecule has 0 fully saturated rings. The first kappa shape index (κ1) is 23.5. The zero-order chi connectivity index (χ0) is 24.3. The lowest BCUT2D eigenvalue weighted by Crippen LogP contribution is -2.43. The van der Waals surface area contributed by atoms with Crippen molar-refractivity contribution in [2.24, 2.45) is 0 Å². The second-order valence-corrected chi connectivity index (χ2v) is 10.0. The van der Waals surface area contributed by atoms with Crippen molar-refractivity contribution >= 4 is 27.6 Å². The van der Waals surface area contributed by atoms with Crippen LogP contribution in [0.15, 0.2) is 83.8 Å². The number of benzene rings is 3. The van der Waals surface area contributed by atoms with E-state index in [2.05, 4.69) is 0 Å². The molecule has 9 heteroatoms. The lowest BCUT2D eigenvalue weighted by atomic mass is 10.0. The number of anilines is 1. The highest BCUT2D eigenvalue weighted by molar-refractivity contribution is 7.89. The molecule has 1 aliphatic rings. The fourth-order valence-corrected chi connectivity index (χ4v) is 4.64. The molecule has 1 unspecified atom stereocenters. The number of carbonyl (C=O) groups is 2. The smallest absolute Gasteiger partial charge is 0.338 e. The van der Waals surface area contributed by atoms with Gasteiger partial charge in [-0.1, -0.05) is 48.5 Å². The third kappa shape index (κ3) is 4.66. The summed E-state index contributed by atoms with van der Waals surface area (Å²) >= 11 is 0. The van der Waals surface area contributed by atoms with Gasteiger partial charge in [-0.25, -0.2) is 17.5 Å². The largest absolute Gasteiger partial charge is 0.489 e. The van der Waals surface area contributed by atoms with Crippen molar-refractivity contribution in [3.05, 3.63) is 90.0 Å². The van der Waals surface area contributed by atoms with Gasteiger partial charge in [0.25, 0.3) is 5.91 Å². The minimum absolute atomic E-state index is 0.0375. The lowest BCUT2D eigenvalue weighted by molar-refractivity contribution is -0.122. The Labute approximate surface area is 198 Å². The van der Waals surface area contributed by atoms with E-state index in [0.717, 1.165) is 9.87 Å². The first-order valence-electron chi connectivity index (χ1n) is 10.6. The van der Waals surface area contributed by atoms with Crippen molar-refractivity contribution in [3.8, 4) is 5.75 Å². The molecule has 1 heterocycles. The quantitative estimate of drug-likeness (QED) is 0.503. The highest BCUT2D eigenvalue weighted by Gasteiger charge is 2.33. The van der Waals surface area contributed by atoms with Crippen LogP contribution in [0.25, 0.3) is 0 Å². The van der Waals surface area contributed by atoms with E-state index in [0.29, 0.717) is 11.4 Å². The molecular formula is C25H24N2O6S. The van der Waals surface area contributed by atoms with Crippen LogP contribution in [0.1, 0.15) is 22.0 Å². The third-order valence-corrected chi connectivity index (χ3v) is 7.27. The molecule has 34 heavy (non-hydrogen) atoms. The summed E-state index contributed by atoms with van der Waals surface area (Å²) in [6, 6.07) is 21.8. The maximum atomic E-state index is 13.3. The number of fused-ring (bicyclic) bond motifs is 1. The maximum absolute atomic E-state index is 13.3. The second-order valence-electron chi connectivity index (χ2n) is 7.86. The number of esters is 1. The number of rotatable bonds is 6. The van der Waals surface area contributed by atoms with Crippen LogP contribution >= 0.6 is 0 Å². The van der Waals surface area contributed by atoms with Crippen molar-refractivity contribution in [2.75, 3.05) is 32.2 Å². The molecule has 3 aromatic carbocycles. The van der Waals surface area contributed by atoms with Gasteiger partial charge in [0.05, 0.1) is 22.2 Å². The van der Waals surface area contributed by atoms with Crippen LogP contribution in [0.5, 0.6) is 5.75 Å². The number of hydrogen-bond acceptors (Lipinski definition) is 6. The van der Waals surface area contributed by atoms with Gasteiger partial charge in [0.15, 0.2) is 6.61 Å². The van der Waals surface area contributed by atoms with Gasteiger partial charge < -0.3 is 9.47 Å². The Morgan fingerprint density at radius 1 is 1.00 bits per heavy atom. The average molecular weight is 481 g/mol. The highest BCUT2D eigenvalue weighted by atomic mass is 32.2. The van der Waals surface area contributed by atoms with Crippen LogP contribution in [0, 0.1) is 0 Å². The number of nitrogens with zero attached hydrogens (tertiary/aromatic N) is 2. The molecule has 0 aliphatic carbocycles. The van der Waals surface area contributed by atoms with E-state index >= 15 is 0 Å². The number of carbonyl (C=O) groups excluding carboxylic acids is 2. The fraction of sp³-hybridized carbons (Fsp3) is 0.200. The molecule has 1 aliphatic heterocycles. The SMILES string of the molecule is CN(C)S(=O)(=O)c1cccc(C(=O)OCC(=O)N2c3ccccc3OCC2c2ccccc2)c1. The summed E-state index contributed by atoms with van der Waals surface area (Å²) in [7, 11) is -0.906. The van der Waals surface area contributed by atoms with Crippen molar-refractivity contribution in [3.63, 3.8) is 0 Å². The molecule has 8 nitrogen and oxygen atoms in total. The topological polar surface area (TPSA) is 93.2 Å². The summed E-state index contributed by atoms with van der Waals surface area (Å²) in [5, 5.41) is 0. The van der Waals surface area contributed by atoms with Crippen LogP contribution in [-0.4, -0.2) is 51.9 Å². The summed E-state index contributed by atoms with van der Waals surface area (Å²) in [6.07, 6.45) is 0. The van der Waals surface area contributed by atoms with Gasteiger partial charge in [-0.3, -0.25) is 9.69 Å². The molecule has 0 bridgehead atoms. The zero-order valence-electron chi connectivity index (χ0n) is 18.7. The number of ether oxygens (including phenoxy) is 2. The predicted octanol–water partition coefficient (Wildman–Crippen LogP) is 3.26. The van der Waals surface area contributed by atoms with Crippen LogP contribution in [0.2, 0.25) is 0 Å². The summed E-state index contributed by atoms with van der Waals surface area (Å²) in [6.45, 7) is -0.258. The van der Waals surface area contributed by atoms with Gasteiger partial charge in [-0.05, 0) is 35.9 Å². The molecule has 0 saturated heterocycles. The molecule has 176 valence electrons. The first-order chi connectivity index (χ1) is 16.3. The minimum atomic E-state index is -3.72. The molecular weight excluding hydrogens is 456 g/mol. The Morgan fingerprint density at radius 3 is 2.44 bits per heavy atom. The summed E-state index contributed by atoms with van der Waals surface area (Å²) in [5.41, 5.74) is 1.51. The van der Waals surface area contributed by atoms with Gasteiger partial charge in [-0.2, -0.15) is 0 Å². The zero-order valence-corrected chi connectivity index (χ0v) is 19.6. The van der Waals surface area contributed by atoms with Crippen molar-refractivity contribution in [1.29, 1.82) is 0 Å². The lowest BCUT2D eigenvalue weighted by Gasteiger charge is -2.37. The molecule has 0 aromatic heterocycles. The molecule has 0 spiro atoms. The predicted molar refractivity (Wildman–Crippen MR) is 126 cm³/mol. The monoisotopic (exact) mass is 480 g/mol. The molecule has 0 N–H and O–H groups in total. The molecule has 0 saturated carbocycles. The molecule has 3 aromatic rings. The van der Waals surface area contributed by atoms with Crippen molar-refractivity contribution in [1.82, 2.24) is 4.31 Å².